The van der Waals surface area contributed by atoms with Crippen LogP contribution in [0.5, 0.6) is 0 Å². The highest BCUT2D eigenvalue weighted by Crippen LogP contribution is 2.43. The number of hydrogen-bond donors (Lipinski definition) is 2. The van der Waals surface area contributed by atoms with E-state index in [1.54, 1.807) is 0 Å². The summed E-state index contributed by atoms with van der Waals surface area (Å²) in [6.07, 6.45) is 109. The van der Waals surface area contributed by atoms with Crippen LogP contribution in [-0.2, 0) is 32.7 Å². The zero-order valence-corrected chi connectivity index (χ0v) is 63.6. The Kier molecular flexibility index (Phi) is 77.8. The largest absolute Gasteiger partial charge is 0.472 e. The monoisotopic (exact) mass is 1350 g/mol. The zero-order valence-electron chi connectivity index (χ0n) is 62.7. The van der Waals surface area contributed by atoms with Crippen molar-refractivity contribution in [2.24, 2.45) is 5.73 Å². The van der Waals surface area contributed by atoms with Crippen molar-refractivity contribution in [1.29, 1.82) is 0 Å². The highest BCUT2D eigenvalue weighted by Gasteiger charge is 2.26. The van der Waals surface area contributed by atoms with Gasteiger partial charge in [-0.25, -0.2) is 4.57 Å². The first-order valence-corrected chi connectivity index (χ1v) is 42.6. The lowest BCUT2D eigenvalue weighted by Gasteiger charge is -2.19. The van der Waals surface area contributed by atoms with Gasteiger partial charge in [0.25, 0.3) is 0 Å². The number of ether oxygens (including phenoxy) is 2. The maximum atomic E-state index is 12.8. The van der Waals surface area contributed by atoms with Gasteiger partial charge in [0.05, 0.1) is 13.2 Å². The third kappa shape index (κ3) is 80.1. The number of phosphoric acid groups is 1. The van der Waals surface area contributed by atoms with E-state index in [0.29, 0.717) is 6.42 Å². The van der Waals surface area contributed by atoms with Gasteiger partial charge in [0.2, 0.25) is 0 Å². The van der Waals surface area contributed by atoms with E-state index in [4.69, 9.17) is 24.3 Å². The summed E-state index contributed by atoms with van der Waals surface area (Å²) in [5.41, 5.74) is 5.42. The molecule has 0 aromatic carbocycles. The molecule has 0 amide bonds. The Labute approximate surface area is 589 Å². The van der Waals surface area contributed by atoms with Crippen molar-refractivity contribution < 1.29 is 37.6 Å². The number of esters is 2. The third-order valence-corrected chi connectivity index (χ3v) is 19.3. The summed E-state index contributed by atoms with van der Waals surface area (Å²) in [7, 11) is -4.40. The number of phosphoric ester groups is 1. The highest BCUT2D eigenvalue weighted by molar-refractivity contribution is 7.47. The van der Waals surface area contributed by atoms with Crippen molar-refractivity contribution in [3.8, 4) is 0 Å². The Bertz CT molecular complexity index is 1840. The van der Waals surface area contributed by atoms with Gasteiger partial charge in [-0.05, 0) is 70.6 Å². The van der Waals surface area contributed by atoms with Gasteiger partial charge in [0.15, 0.2) is 6.10 Å². The lowest BCUT2D eigenvalue weighted by atomic mass is 10.0. The normalized spacial score (nSPS) is 13.3. The molecule has 0 aliphatic heterocycles. The van der Waals surface area contributed by atoms with Crippen LogP contribution in [0.4, 0.5) is 0 Å². The third-order valence-electron chi connectivity index (χ3n) is 18.3. The van der Waals surface area contributed by atoms with Crippen LogP contribution >= 0.6 is 7.82 Å². The van der Waals surface area contributed by atoms with Gasteiger partial charge in [0, 0.05) is 19.4 Å². The van der Waals surface area contributed by atoms with Crippen LogP contribution in [0.3, 0.4) is 0 Å². The summed E-state index contributed by atoms with van der Waals surface area (Å²) in [4.78, 5) is 35.5. The minimum Gasteiger partial charge on any atom is -0.462 e. The fourth-order valence-electron chi connectivity index (χ4n) is 12.3. The Hall–Kier alpha value is -2.81. The fourth-order valence-corrected chi connectivity index (χ4v) is 13.0. The van der Waals surface area contributed by atoms with E-state index in [2.05, 4.69) is 98.9 Å². The molecule has 95 heavy (non-hydrogen) atoms. The van der Waals surface area contributed by atoms with Crippen LogP contribution in [0.25, 0.3) is 0 Å². The lowest BCUT2D eigenvalue weighted by molar-refractivity contribution is -0.161. The molecule has 0 fully saturated rings. The standard InChI is InChI=1S/C85H156NO8P/c1-3-5-7-9-11-13-15-17-19-21-23-25-27-29-31-33-35-37-38-39-40-41-42-43-44-46-48-50-52-54-56-58-60-62-64-66-68-70-72-74-76-78-85(88)94-83(82-93-95(89,90)92-80-79-86)81-91-84(87)77-75-73-71-69-67-65-63-61-59-57-55-53-51-49-47-45-36-34-32-30-28-26-24-22-20-18-16-14-12-10-8-6-4-2/h5,7,11,13,17,19,23,25,29,31,35,37,39-40,83H,3-4,6,8-10,12,14-16,18,20-22,24,26-28,30,32-34,36,38,41-82,86H2,1-2H3,(H,89,90)/b7-5-,13-11-,19-17-,25-23-,31-29-,37-35-,40-39-. The second-order valence-electron chi connectivity index (χ2n) is 27.6. The lowest BCUT2D eigenvalue weighted by Crippen LogP contribution is -2.29. The minimum atomic E-state index is -4.40. The van der Waals surface area contributed by atoms with E-state index in [0.717, 1.165) is 77.0 Å². The number of carbonyl (C=O) groups excluding carboxylic acids is 2. The van der Waals surface area contributed by atoms with E-state index >= 15 is 0 Å². The fraction of sp³-hybridized carbons (Fsp3) is 0.812. The molecule has 0 aliphatic rings. The van der Waals surface area contributed by atoms with Crippen molar-refractivity contribution in [2.75, 3.05) is 26.4 Å². The van der Waals surface area contributed by atoms with Gasteiger partial charge < -0.3 is 20.1 Å². The van der Waals surface area contributed by atoms with Crippen molar-refractivity contribution in [3.63, 3.8) is 0 Å². The summed E-state index contributed by atoms with van der Waals surface area (Å²) in [5.74, 6) is -0.805. The maximum absolute atomic E-state index is 12.8. The first kappa shape index (κ1) is 92.2. The molecule has 0 rings (SSSR count). The van der Waals surface area contributed by atoms with Crippen molar-refractivity contribution >= 4 is 19.8 Å². The Morgan fingerprint density at radius 2 is 0.579 bits per heavy atom. The molecular weight excluding hydrogens is 1190 g/mol. The Morgan fingerprint density at radius 3 is 0.863 bits per heavy atom. The molecule has 0 heterocycles. The molecule has 0 aromatic rings. The Morgan fingerprint density at radius 1 is 0.326 bits per heavy atom. The van der Waals surface area contributed by atoms with E-state index in [-0.39, 0.29) is 38.6 Å². The molecule has 2 unspecified atom stereocenters. The van der Waals surface area contributed by atoms with Gasteiger partial charge in [-0.2, -0.15) is 0 Å². The van der Waals surface area contributed by atoms with E-state index in [1.165, 1.54) is 302 Å². The van der Waals surface area contributed by atoms with Gasteiger partial charge >= 0.3 is 19.8 Å². The molecule has 10 heteroatoms. The quantitative estimate of drug-likeness (QED) is 0.0264. The number of hydrogen-bond acceptors (Lipinski definition) is 8. The van der Waals surface area contributed by atoms with Gasteiger partial charge in [-0.3, -0.25) is 18.6 Å². The van der Waals surface area contributed by atoms with Crippen LogP contribution in [0, 0.1) is 0 Å². The molecule has 3 N–H and O–H groups in total. The average molecular weight is 1350 g/mol. The second-order valence-corrected chi connectivity index (χ2v) is 29.1. The predicted octanol–water partition coefficient (Wildman–Crippen LogP) is 27.7. The molecule has 0 bridgehead atoms. The number of unbranched alkanes of at least 4 members (excludes halogenated alkanes) is 51. The van der Waals surface area contributed by atoms with Crippen LogP contribution < -0.4 is 5.73 Å². The van der Waals surface area contributed by atoms with E-state index in [9.17, 15) is 19.0 Å². The smallest absolute Gasteiger partial charge is 0.462 e. The minimum absolute atomic E-state index is 0.0545. The van der Waals surface area contributed by atoms with E-state index < -0.39 is 26.5 Å². The zero-order chi connectivity index (χ0) is 68.6. The highest BCUT2D eigenvalue weighted by atomic mass is 31.2. The number of nitrogens with two attached hydrogens (primary N) is 1. The first-order chi connectivity index (χ1) is 46.8. The van der Waals surface area contributed by atoms with E-state index in [1.807, 2.05) is 0 Å². The second kappa shape index (κ2) is 80.2. The van der Waals surface area contributed by atoms with Crippen LogP contribution in [0.15, 0.2) is 85.1 Å². The molecule has 554 valence electrons. The summed E-state index contributed by atoms with van der Waals surface area (Å²) >= 11 is 0. The molecular formula is C85H156NO8P. The first-order valence-electron chi connectivity index (χ1n) is 41.1. The van der Waals surface area contributed by atoms with Gasteiger partial charge in [-0.15, -0.1) is 0 Å². The predicted molar refractivity (Wildman–Crippen MR) is 413 cm³/mol. The Balaban J connectivity index is 3.77. The maximum Gasteiger partial charge on any atom is 0.472 e. The van der Waals surface area contributed by atoms with Crippen molar-refractivity contribution in [3.05, 3.63) is 85.1 Å². The van der Waals surface area contributed by atoms with Crippen LogP contribution in [-0.4, -0.2) is 49.3 Å². The number of carbonyl (C=O) groups is 2. The molecule has 0 radical (unpaired) electrons. The molecule has 2 atom stereocenters. The van der Waals surface area contributed by atoms with Gasteiger partial charge in [-0.1, -0.05) is 414 Å². The van der Waals surface area contributed by atoms with Crippen molar-refractivity contribution in [1.82, 2.24) is 0 Å². The molecule has 0 saturated carbocycles. The summed E-state index contributed by atoms with van der Waals surface area (Å²) in [5, 5.41) is 0. The summed E-state index contributed by atoms with van der Waals surface area (Å²) in [6, 6.07) is 0. The van der Waals surface area contributed by atoms with Crippen LogP contribution in [0.2, 0.25) is 0 Å². The van der Waals surface area contributed by atoms with Crippen LogP contribution in [0.1, 0.15) is 412 Å². The SMILES string of the molecule is CC/C=C\C/C=C\C/C=C\C/C=C\C/C=C\C/C=C\C/C=C\CCCCCCCCCCCCCCCCCCCCCC(=O)OC(COC(=O)CCCCCCCCCCCCCCCCCCCCCCCCCCCCCCCCCCC)COP(=O)(O)OCCN. The van der Waals surface area contributed by atoms with Gasteiger partial charge in [0.1, 0.15) is 6.61 Å². The summed E-state index contributed by atoms with van der Waals surface area (Å²) < 4.78 is 33.3. The average Bonchev–Trinajstić information content (AvgIpc) is 2.75. The number of rotatable bonds is 78. The van der Waals surface area contributed by atoms with Crippen molar-refractivity contribution in [2.45, 2.75) is 418 Å². The molecule has 0 spiro atoms. The molecule has 0 aromatic heterocycles. The topological polar surface area (TPSA) is 134 Å². The molecule has 0 saturated heterocycles. The summed E-state index contributed by atoms with van der Waals surface area (Å²) in [6.45, 7) is 3.70. The molecule has 0 aliphatic carbocycles. The molecule has 9 nitrogen and oxygen atoms in total. The number of allylic oxidation sites excluding steroid dienone is 14.